The fourth-order valence-electron chi connectivity index (χ4n) is 3.21. The van der Waals surface area contributed by atoms with Crippen molar-refractivity contribution in [1.29, 1.82) is 0 Å². The second-order valence-corrected chi connectivity index (χ2v) is 7.97. The van der Waals surface area contributed by atoms with Crippen LogP contribution in [0, 0.1) is 0 Å². The number of hydrogen-bond acceptors (Lipinski definition) is 3. The first-order valence-corrected chi connectivity index (χ1v) is 9.41. The first kappa shape index (κ1) is 18.3. The molecule has 0 atom stereocenters. The summed E-state index contributed by atoms with van der Waals surface area (Å²) < 4.78 is 0. The lowest BCUT2D eigenvalue weighted by atomic mass is 9.87. The van der Waals surface area contributed by atoms with Crippen molar-refractivity contribution in [3.05, 3.63) is 54.1 Å². The first-order valence-electron chi connectivity index (χ1n) is 9.41. The molecule has 0 radical (unpaired) electrons. The van der Waals surface area contributed by atoms with E-state index in [9.17, 15) is 4.79 Å². The van der Waals surface area contributed by atoms with Gasteiger partial charge in [-0.15, -0.1) is 0 Å². The SMILES string of the molecule is CC(C)(C)c1ccc(NC(=O)CNc2ccc(N3CCCC3)cc2)cc1. The largest absolute Gasteiger partial charge is 0.376 e. The van der Waals surface area contributed by atoms with Crippen LogP contribution in [0.3, 0.4) is 0 Å². The van der Waals surface area contributed by atoms with Crippen molar-refractivity contribution in [2.45, 2.75) is 39.0 Å². The summed E-state index contributed by atoms with van der Waals surface area (Å²) in [6, 6.07) is 16.4. The molecule has 4 heteroatoms. The molecule has 1 amide bonds. The highest BCUT2D eigenvalue weighted by atomic mass is 16.1. The number of hydrogen-bond donors (Lipinski definition) is 2. The van der Waals surface area contributed by atoms with Crippen LogP contribution in [0.1, 0.15) is 39.2 Å². The van der Waals surface area contributed by atoms with Gasteiger partial charge in [0, 0.05) is 30.2 Å². The third kappa shape index (κ3) is 4.78. The first-order chi connectivity index (χ1) is 12.4. The highest BCUT2D eigenvalue weighted by Crippen LogP contribution is 2.24. The molecule has 1 heterocycles. The van der Waals surface area contributed by atoms with Crippen molar-refractivity contribution in [2.75, 3.05) is 35.2 Å². The van der Waals surface area contributed by atoms with Crippen molar-refractivity contribution >= 4 is 23.0 Å². The summed E-state index contributed by atoms with van der Waals surface area (Å²) in [5, 5.41) is 6.12. The van der Waals surface area contributed by atoms with Crippen molar-refractivity contribution in [2.24, 2.45) is 0 Å². The predicted molar refractivity (Wildman–Crippen MR) is 110 cm³/mol. The number of benzene rings is 2. The summed E-state index contributed by atoms with van der Waals surface area (Å²) >= 11 is 0. The summed E-state index contributed by atoms with van der Waals surface area (Å²) in [6.45, 7) is 9.08. The molecule has 0 spiro atoms. The Labute approximate surface area is 156 Å². The number of anilines is 3. The monoisotopic (exact) mass is 351 g/mol. The predicted octanol–water partition coefficient (Wildman–Crippen LogP) is 4.63. The molecule has 1 fully saturated rings. The number of nitrogens with zero attached hydrogens (tertiary/aromatic N) is 1. The van der Waals surface area contributed by atoms with Crippen molar-refractivity contribution < 1.29 is 4.79 Å². The maximum Gasteiger partial charge on any atom is 0.243 e. The van der Waals surface area contributed by atoms with E-state index < -0.39 is 0 Å². The molecular formula is C22H29N3O. The average Bonchev–Trinajstić information content (AvgIpc) is 3.15. The third-order valence-corrected chi connectivity index (χ3v) is 4.83. The minimum atomic E-state index is -0.0443. The van der Waals surface area contributed by atoms with Crippen LogP contribution >= 0.6 is 0 Å². The van der Waals surface area contributed by atoms with E-state index in [-0.39, 0.29) is 17.9 Å². The molecule has 0 aliphatic carbocycles. The van der Waals surface area contributed by atoms with Crippen LogP contribution in [0.4, 0.5) is 17.1 Å². The second kappa shape index (κ2) is 7.81. The van der Waals surface area contributed by atoms with Crippen LogP contribution in [-0.2, 0) is 10.2 Å². The van der Waals surface area contributed by atoms with E-state index in [1.807, 2.05) is 24.3 Å². The lowest BCUT2D eigenvalue weighted by Crippen LogP contribution is -2.22. The maximum atomic E-state index is 12.2. The minimum absolute atomic E-state index is 0.0443. The Balaban J connectivity index is 1.49. The average molecular weight is 351 g/mol. The Morgan fingerprint density at radius 1 is 0.923 bits per heavy atom. The van der Waals surface area contributed by atoms with Gasteiger partial charge in [0.05, 0.1) is 6.54 Å². The molecule has 138 valence electrons. The van der Waals surface area contributed by atoms with Gasteiger partial charge in [-0.1, -0.05) is 32.9 Å². The number of nitrogens with one attached hydrogen (secondary N) is 2. The van der Waals surface area contributed by atoms with Gasteiger partial charge < -0.3 is 15.5 Å². The minimum Gasteiger partial charge on any atom is -0.376 e. The Morgan fingerprint density at radius 3 is 2.08 bits per heavy atom. The Bertz CT molecular complexity index is 723. The molecule has 26 heavy (non-hydrogen) atoms. The fourth-order valence-corrected chi connectivity index (χ4v) is 3.21. The Morgan fingerprint density at radius 2 is 1.50 bits per heavy atom. The van der Waals surface area contributed by atoms with Gasteiger partial charge in [0.15, 0.2) is 0 Å². The van der Waals surface area contributed by atoms with E-state index in [1.165, 1.54) is 24.1 Å². The van der Waals surface area contributed by atoms with Crippen molar-refractivity contribution in [1.82, 2.24) is 0 Å². The van der Waals surface area contributed by atoms with Crippen molar-refractivity contribution in [3.8, 4) is 0 Å². The lowest BCUT2D eigenvalue weighted by Gasteiger charge is -2.19. The van der Waals surface area contributed by atoms with Crippen LogP contribution in [0.5, 0.6) is 0 Å². The summed E-state index contributed by atoms with van der Waals surface area (Å²) in [5.74, 6) is -0.0443. The molecule has 4 nitrogen and oxygen atoms in total. The molecule has 1 aliphatic heterocycles. The number of amides is 1. The van der Waals surface area contributed by atoms with E-state index in [0.29, 0.717) is 0 Å². The second-order valence-electron chi connectivity index (χ2n) is 7.97. The molecule has 0 aromatic heterocycles. The number of rotatable bonds is 5. The van der Waals surface area contributed by atoms with Gasteiger partial charge in [-0.05, 0) is 60.2 Å². The van der Waals surface area contributed by atoms with Gasteiger partial charge in [0.1, 0.15) is 0 Å². The molecule has 0 bridgehead atoms. The molecule has 3 rings (SSSR count). The van der Waals surface area contributed by atoms with Gasteiger partial charge in [-0.3, -0.25) is 4.79 Å². The van der Waals surface area contributed by atoms with E-state index in [0.717, 1.165) is 24.5 Å². The molecule has 0 unspecified atom stereocenters. The van der Waals surface area contributed by atoms with E-state index in [1.54, 1.807) is 0 Å². The highest BCUT2D eigenvalue weighted by Gasteiger charge is 2.13. The Hall–Kier alpha value is -2.49. The number of carbonyl (C=O) groups excluding carboxylic acids is 1. The number of carbonyl (C=O) groups is 1. The standard InChI is InChI=1S/C22H29N3O/c1-22(2,3)17-6-8-19(9-7-17)24-21(26)16-23-18-10-12-20(13-11-18)25-14-4-5-15-25/h6-13,23H,4-5,14-16H2,1-3H3,(H,24,26). The van der Waals surface area contributed by atoms with E-state index in [2.05, 4.69) is 60.6 Å². The smallest absolute Gasteiger partial charge is 0.243 e. The summed E-state index contributed by atoms with van der Waals surface area (Å²) in [5.41, 5.74) is 4.43. The van der Waals surface area contributed by atoms with Gasteiger partial charge in [0.25, 0.3) is 0 Å². The summed E-state index contributed by atoms with van der Waals surface area (Å²) in [7, 11) is 0. The molecule has 2 aromatic carbocycles. The summed E-state index contributed by atoms with van der Waals surface area (Å²) in [6.07, 6.45) is 2.55. The molecule has 1 saturated heterocycles. The van der Waals surface area contributed by atoms with Crippen LogP contribution in [0.2, 0.25) is 0 Å². The molecular weight excluding hydrogens is 322 g/mol. The quantitative estimate of drug-likeness (QED) is 0.825. The molecule has 2 N–H and O–H groups in total. The molecule has 1 aliphatic rings. The normalized spacial score (nSPS) is 14.3. The molecule has 0 saturated carbocycles. The fraction of sp³-hybridized carbons (Fsp3) is 0.409. The molecule has 2 aromatic rings. The zero-order chi connectivity index (χ0) is 18.6. The van der Waals surface area contributed by atoms with Crippen LogP contribution in [-0.4, -0.2) is 25.5 Å². The third-order valence-electron chi connectivity index (χ3n) is 4.83. The van der Waals surface area contributed by atoms with E-state index >= 15 is 0 Å². The summed E-state index contributed by atoms with van der Waals surface area (Å²) in [4.78, 5) is 14.6. The van der Waals surface area contributed by atoms with Gasteiger partial charge in [-0.25, -0.2) is 0 Å². The zero-order valence-corrected chi connectivity index (χ0v) is 16.0. The lowest BCUT2D eigenvalue weighted by molar-refractivity contribution is -0.114. The van der Waals surface area contributed by atoms with Gasteiger partial charge in [-0.2, -0.15) is 0 Å². The van der Waals surface area contributed by atoms with Crippen LogP contribution in [0.15, 0.2) is 48.5 Å². The zero-order valence-electron chi connectivity index (χ0n) is 16.0. The maximum absolute atomic E-state index is 12.2. The van der Waals surface area contributed by atoms with Crippen LogP contribution < -0.4 is 15.5 Å². The van der Waals surface area contributed by atoms with Crippen molar-refractivity contribution in [3.63, 3.8) is 0 Å². The van der Waals surface area contributed by atoms with Gasteiger partial charge >= 0.3 is 0 Å². The van der Waals surface area contributed by atoms with E-state index in [4.69, 9.17) is 0 Å². The topological polar surface area (TPSA) is 44.4 Å². The van der Waals surface area contributed by atoms with Crippen LogP contribution in [0.25, 0.3) is 0 Å². The Kier molecular flexibility index (Phi) is 5.50. The highest BCUT2D eigenvalue weighted by molar-refractivity contribution is 5.93. The van der Waals surface area contributed by atoms with Gasteiger partial charge in [0.2, 0.25) is 5.91 Å².